The molecule has 1 rings (SSSR count). The summed E-state index contributed by atoms with van der Waals surface area (Å²) < 4.78 is 0. The third-order valence-electron chi connectivity index (χ3n) is 1.23. The number of H-pyrrole nitrogens is 1. The van der Waals surface area contributed by atoms with Crippen LogP contribution in [0.5, 0.6) is 0 Å². The zero-order valence-electron chi connectivity index (χ0n) is 6.02. The Hall–Kier alpha value is -1.24. The molecule has 0 aromatic carbocycles. The number of rotatable bonds is 3. The summed E-state index contributed by atoms with van der Waals surface area (Å²) in [5.41, 5.74) is 0.659. The van der Waals surface area contributed by atoms with Gasteiger partial charge in [-0.1, -0.05) is 5.21 Å². The maximum atomic E-state index is 9.98. The fourth-order valence-electron chi connectivity index (χ4n) is 0.657. The normalized spacial score (nSPS) is 12.4. The van der Waals surface area contributed by atoms with Gasteiger partial charge in [0.25, 0.3) is 0 Å². The van der Waals surface area contributed by atoms with Crippen LogP contribution in [0.15, 0.2) is 6.20 Å². The van der Waals surface area contributed by atoms with Gasteiger partial charge in [0.1, 0.15) is 0 Å². The van der Waals surface area contributed by atoms with Crippen molar-refractivity contribution in [2.75, 3.05) is 6.54 Å². The number of carbonyl (C=O) groups excluding carboxylic acids is 1. The number of amides is 1. The Morgan fingerprint density at radius 1 is 1.83 bits per heavy atom. The molecule has 12 heavy (non-hydrogen) atoms. The molecule has 0 saturated heterocycles. The van der Waals surface area contributed by atoms with Crippen molar-refractivity contribution >= 4 is 18.7 Å². The molecule has 1 radical (unpaired) electrons. The molecule has 1 aromatic heterocycles. The van der Waals surface area contributed by atoms with E-state index in [0.717, 1.165) is 0 Å². The predicted molar refractivity (Wildman–Crippen MR) is 42.2 cm³/mol. The molecule has 0 saturated carbocycles. The number of aromatic amines is 1. The van der Waals surface area contributed by atoms with Crippen LogP contribution in [0, 0.1) is 0 Å². The van der Waals surface area contributed by atoms with E-state index in [1.165, 1.54) is 6.20 Å². The van der Waals surface area contributed by atoms with Gasteiger partial charge in [-0.05, 0) is 0 Å². The van der Waals surface area contributed by atoms with Crippen molar-refractivity contribution in [1.82, 2.24) is 20.7 Å². The second kappa shape index (κ2) is 3.96. The van der Waals surface area contributed by atoms with E-state index in [0.29, 0.717) is 5.69 Å². The van der Waals surface area contributed by atoms with Gasteiger partial charge in [0.05, 0.1) is 17.1 Å². The number of nitrogens with one attached hydrogen (secondary N) is 2. The van der Waals surface area contributed by atoms with E-state index in [4.69, 9.17) is 0 Å². The standard InChI is InChI=1S/C5H7N4O2S/c10-5(11)6-2-4(12)3-1-7-9-8-3/h1,4,6,12H,2H2,(H,7,8,9). The summed E-state index contributed by atoms with van der Waals surface area (Å²) in [5, 5.41) is 21.3. The van der Waals surface area contributed by atoms with Crippen LogP contribution in [0.3, 0.4) is 0 Å². The van der Waals surface area contributed by atoms with Gasteiger partial charge >= 0.3 is 6.09 Å². The fraction of sp³-hybridized carbons (Fsp3) is 0.400. The van der Waals surface area contributed by atoms with Crippen LogP contribution in [0.1, 0.15) is 10.9 Å². The Kier molecular flexibility index (Phi) is 2.92. The first-order chi connectivity index (χ1) is 5.70. The Labute approximate surface area is 73.8 Å². The third kappa shape index (κ3) is 2.42. The molecule has 0 aliphatic rings. The van der Waals surface area contributed by atoms with Crippen molar-refractivity contribution in [2.24, 2.45) is 0 Å². The molecular weight excluding hydrogens is 180 g/mol. The molecule has 7 heteroatoms. The van der Waals surface area contributed by atoms with Crippen LogP contribution < -0.4 is 5.32 Å². The predicted octanol–water partition coefficient (Wildman–Crippen LogP) is -0.0843. The van der Waals surface area contributed by atoms with Gasteiger partial charge in [-0.15, -0.1) is 5.10 Å². The molecule has 0 aliphatic carbocycles. The Morgan fingerprint density at radius 3 is 3.08 bits per heavy atom. The van der Waals surface area contributed by atoms with E-state index in [1.54, 1.807) is 0 Å². The Balaban J connectivity index is 2.39. The van der Waals surface area contributed by atoms with Crippen LogP contribution >= 0.6 is 12.6 Å². The van der Waals surface area contributed by atoms with E-state index in [9.17, 15) is 9.90 Å². The van der Waals surface area contributed by atoms with E-state index in [2.05, 4.69) is 33.4 Å². The summed E-state index contributed by atoms with van der Waals surface area (Å²) in [4.78, 5) is 9.98. The first kappa shape index (κ1) is 8.85. The Morgan fingerprint density at radius 2 is 2.58 bits per heavy atom. The van der Waals surface area contributed by atoms with Crippen molar-refractivity contribution in [1.29, 1.82) is 0 Å². The topological polar surface area (TPSA) is 90.6 Å². The number of aromatic nitrogens is 3. The molecule has 6 nitrogen and oxygen atoms in total. The first-order valence-electron chi connectivity index (χ1n) is 3.19. The fourth-order valence-corrected chi connectivity index (χ4v) is 0.873. The summed E-state index contributed by atoms with van der Waals surface area (Å²) >= 11 is 4.10. The van der Waals surface area contributed by atoms with Gasteiger partial charge in [-0.2, -0.15) is 12.6 Å². The van der Waals surface area contributed by atoms with Gasteiger partial charge in [0, 0.05) is 6.54 Å². The molecule has 2 N–H and O–H groups in total. The smallest absolute Gasteiger partial charge is 0.317 e. The van der Waals surface area contributed by atoms with Crippen LogP contribution in [0.25, 0.3) is 0 Å². The van der Waals surface area contributed by atoms with Crippen molar-refractivity contribution in [3.8, 4) is 0 Å². The molecule has 1 heterocycles. The molecule has 0 fully saturated rings. The number of hydrogen-bond donors (Lipinski definition) is 3. The van der Waals surface area contributed by atoms with Crippen LogP contribution in [-0.4, -0.2) is 28.0 Å². The lowest BCUT2D eigenvalue weighted by Gasteiger charge is -2.05. The molecule has 1 aromatic rings. The maximum Gasteiger partial charge on any atom is 0.450 e. The average Bonchev–Trinajstić information content (AvgIpc) is 2.51. The highest BCUT2D eigenvalue weighted by atomic mass is 32.1. The number of hydrogen-bond acceptors (Lipinski definition) is 4. The molecule has 1 unspecified atom stereocenters. The SMILES string of the molecule is [O]C(=O)NCC(S)c1cnn[nH]1. The lowest BCUT2D eigenvalue weighted by molar-refractivity contribution is 0.168. The molecular formula is C5H7N4O2S. The average molecular weight is 187 g/mol. The highest BCUT2D eigenvalue weighted by Crippen LogP contribution is 2.13. The van der Waals surface area contributed by atoms with Crippen LogP contribution in [0.4, 0.5) is 4.79 Å². The van der Waals surface area contributed by atoms with Crippen LogP contribution in [0.2, 0.25) is 0 Å². The summed E-state index contributed by atoms with van der Waals surface area (Å²) in [6.07, 6.45) is 0.163. The Bertz CT molecular complexity index is 250. The minimum atomic E-state index is -1.32. The number of thiol groups is 1. The summed E-state index contributed by atoms with van der Waals surface area (Å²) in [7, 11) is 0. The van der Waals surface area contributed by atoms with Crippen molar-refractivity contribution in [2.45, 2.75) is 5.25 Å². The van der Waals surface area contributed by atoms with Gasteiger partial charge in [0.2, 0.25) is 0 Å². The summed E-state index contributed by atoms with van der Waals surface area (Å²) in [6.45, 7) is 0.162. The maximum absolute atomic E-state index is 9.98. The van der Waals surface area contributed by atoms with Gasteiger partial charge < -0.3 is 5.32 Å². The second-order valence-electron chi connectivity index (χ2n) is 2.10. The quantitative estimate of drug-likeness (QED) is 0.578. The number of carbonyl (C=O) groups is 1. The monoisotopic (exact) mass is 187 g/mol. The molecule has 0 bridgehead atoms. The van der Waals surface area contributed by atoms with E-state index < -0.39 is 6.09 Å². The molecule has 1 atom stereocenters. The van der Waals surface area contributed by atoms with Gasteiger partial charge in [-0.3, -0.25) is 5.10 Å². The van der Waals surface area contributed by atoms with Gasteiger partial charge in [-0.25, -0.2) is 9.90 Å². The molecule has 65 valence electrons. The van der Waals surface area contributed by atoms with E-state index in [-0.39, 0.29) is 11.8 Å². The van der Waals surface area contributed by atoms with Crippen molar-refractivity contribution < 1.29 is 9.90 Å². The largest absolute Gasteiger partial charge is 0.450 e. The lowest BCUT2D eigenvalue weighted by atomic mass is 10.3. The minimum Gasteiger partial charge on any atom is -0.317 e. The second-order valence-corrected chi connectivity index (χ2v) is 2.72. The summed E-state index contributed by atoms with van der Waals surface area (Å²) in [5.74, 6) is 0. The lowest BCUT2D eigenvalue weighted by Crippen LogP contribution is -2.23. The zero-order valence-corrected chi connectivity index (χ0v) is 6.91. The minimum absolute atomic E-state index is 0.162. The van der Waals surface area contributed by atoms with E-state index >= 15 is 0 Å². The number of nitrogens with zero attached hydrogens (tertiary/aromatic N) is 2. The molecule has 0 aliphatic heterocycles. The van der Waals surface area contributed by atoms with Crippen molar-refractivity contribution in [3.05, 3.63) is 11.9 Å². The van der Waals surface area contributed by atoms with Gasteiger partial charge in [0.15, 0.2) is 0 Å². The van der Waals surface area contributed by atoms with E-state index in [1.807, 2.05) is 0 Å². The molecule has 1 amide bonds. The van der Waals surface area contributed by atoms with Crippen molar-refractivity contribution in [3.63, 3.8) is 0 Å². The first-order valence-corrected chi connectivity index (χ1v) is 3.70. The van der Waals surface area contributed by atoms with Crippen LogP contribution in [-0.2, 0) is 5.11 Å². The highest BCUT2D eigenvalue weighted by Gasteiger charge is 2.09. The summed E-state index contributed by atoms with van der Waals surface area (Å²) in [6, 6.07) is 0. The zero-order chi connectivity index (χ0) is 8.97. The third-order valence-corrected chi connectivity index (χ3v) is 1.69. The molecule has 0 spiro atoms. The highest BCUT2D eigenvalue weighted by molar-refractivity contribution is 7.80.